The Bertz CT molecular complexity index is 280. The molecular weight excluding hydrogens is 180 g/mol. The lowest BCUT2D eigenvalue weighted by molar-refractivity contribution is -0.219. The van der Waals surface area contributed by atoms with Gasteiger partial charge in [0.05, 0.1) is 26.4 Å². The molecule has 0 bridgehead atoms. The van der Waals surface area contributed by atoms with Crippen LogP contribution in [0.3, 0.4) is 0 Å². The SMILES string of the molecule is OCCOC1(c2cc[c]cc2)COC1. The van der Waals surface area contributed by atoms with Crippen LogP contribution in [0.1, 0.15) is 5.56 Å². The van der Waals surface area contributed by atoms with Crippen LogP contribution in [0.5, 0.6) is 0 Å². The van der Waals surface area contributed by atoms with E-state index in [1.807, 2.05) is 24.3 Å². The van der Waals surface area contributed by atoms with Gasteiger partial charge in [-0.25, -0.2) is 0 Å². The fourth-order valence-electron chi connectivity index (χ4n) is 1.55. The molecule has 3 nitrogen and oxygen atoms in total. The summed E-state index contributed by atoms with van der Waals surface area (Å²) in [5, 5.41) is 8.72. The Balaban J connectivity index is 2.12. The van der Waals surface area contributed by atoms with E-state index >= 15 is 0 Å². The van der Waals surface area contributed by atoms with Crippen molar-refractivity contribution < 1.29 is 14.6 Å². The van der Waals surface area contributed by atoms with Gasteiger partial charge in [0.15, 0.2) is 0 Å². The zero-order valence-electron chi connectivity index (χ0n) is 7.90. The quantitative estimate of drug-likeness (QED) is 0.765. The van der Waals surface area contributed by atoms with Crippen molar-refractivity contribution in [3.05, 3.63) is 35.9 Å². The van der Waals surface area contributed by atoms with E-state index in [1.54, 1.807) is 0 Å². The van der Waals surface area contributed by atoms with Crippen LogP contribution in [0.25, 0.3) is 0 Å². The summed E-state index contributed by atoms with van der Waals surface area (Å²) >= 11 is 0. The Hall–Kier alpha value is -0.900. The monoisotopic (exact) mass is 193 g/mol. The summed E-state index contributed by atoms with van der Waals surface area (Å²) in [5.74, 6) is 0. The largest absolute Gasteiger partial charge is 0.394 e. The molecule has 1 saturated heterocycles. The molecule has 0 atom stereocenters. The first-order valence-corrected chi connectivity index (χ1v) is 4.66. The minimum atomic E-state index is -0.335. The summed E-state index contributed by atoms with van der Waals surface area (Å²) in [5.41, 5.74) is 0.758. The summed E-state index contributed by atoms with van der Waals surface area (Å²) in [7, 11) is 0. The van der Waals surface area contributed by atoms with Crippen molar-refractivity contribution >= 4 is 0 Å². The third-order valence-electron chi connectivity index (χ3n) is 2.38. The van der Waals surface area contributed by atoms with E-state index in [4.69, 9.17) is 14.6 Å². The van der Waals surface area contributed by atoms with Gasteiger partial charge in [0.1, 0.15) is 5.60 Å². The summed E-state index contributed by atoms with van der Waals surface area (Å²) in [6, 6.07) is 10.6. The normalized spacial score (nSPS) is 18.9. The van der Waals surface area contributed by atoms with Gasteiger partial charge in [-0.1, -0.05) is 24.3 Å². The number of rotatable bonds is 4. The molecule has 0 unspecified atom stereocenters. The molecule has 1 fully saturated rings. The lowest BCUT2D eigenvalue weighted by Gasteiger charge is -2.41. The van der Waals surface area contributed by atoms with Crippen LogP contribution in [0, 0.1) is 6.07 Å². The van der Waals surface area contributed by atoms with Crippen LogP contribution >= 0.6 is 0 Å². The van der Waals surface area contributed by atoms with Crippen molar-refractivity contribution in [2.75, 3.05) is 26.4 Å². The number of ether oxygens (including phenoxy) is 2. The Morgan fingerprint density at radius 3 is 2.64 bits per heavy atom. The smallest absolute Gasteiger partial charge is 0.140 e. The number of aliphatic hydroxyl groups is 1. The number of hydrogen-bond donors (Lipinski definition) is 1. The fraction of sp³-hybridized carbons (Fsp3) is 0.455. The minimum Gasteiger partial charge on any atom is -0.394 e. The van der Waals surface area contributed by atoms with Crippen molar-refractivity contribution in [3.63, 3.8) is 0 Å². The molecule has 1 radical (unpaired) electrons. The highest BCUT2D eigenvalue weighted by atomic mass is 16.6. The average Bonchev–Trinajstić information content (AvgIpc) is 2.18. The first-order chi connectivity index (χ1) is 6.87. The molecule has 2 rings (SSSR count). The van der Waals surface area contributed by atoms with E-state index in [1.165, 1.54) is 0 Å². The number of benzene rings is 1. The van der Waals surface area contributed by atoms with E-state index in [9.17, 15) is 0 Å². The maximum absolute atomic E-state index is 8.72. The Morgan fingerprint density at radius 1 is 1.43 bits per heavy atom. The topological polar surface area (TPSA) is 38.7 Å². The molecule has 75 valence electrons. The highest BCUT2D eigenvalue weighted by Gasteiger charge is 2.41. The lowest BCUT2D eigenvalue weighted by Crippen LogP contribution is -2.49. The standard InChI is InChI=1S/C11H13O3/c12-6-7-14-11(8-13-9-11)10-4-2-1-3-5-10/h2-5,12H,6-9H2. The van der Waals surface area contributed by atoms with Crippen LogP contribution in [-0.2, 0) is 15.1 Å². The van der Waals surface area contributed by atoms with Crippen LogP contribution in [0.15, 0.2) is 24.3 Å². The molecule has 0 spiro atoms. The van der Waals surface area contributed by atoms with Crippen molar-refractivity contribution in [2.45, 2.75) is 5.60 Å². The molecule has 1 aliphatic heterocycles. The zero-order valence-corrected chi connectivity index (χ0v) is 7.90. The highest BCUT2D eigenvalue weighted by molar-refractivity contribution is 5.24. The van der Waals surface area contributed by atoms with Crippen molar-refractivity contribution in [1.82, 2.24) is 0 Å². The second-order valence-corrected chi connectivity index (χ2v) is 3.35. The van der Waals surface area contributed by atoms with Crippen molar-refractivity contribution in [1.29, 1.82) is 0 Å². The van der Waals surface area contributed by atoms with Gasteiger partial charge in [0.25, 0.3) is 0 Å². The Kier molecular flexibility index (Phi) is 2.82. The average molecular weight is 193 g/mol. The van der Waals surface area contributed by atoms with Crippen molar-refractivity contribution in [3.8, 4) is 0 Å². The Labute approximate surface area is 83.3 Å². The van der Waals surface area contributed by atoms with Crippen LogP contribution < -0.4 is 0 Å². The van der Waals surface area contributed by atoms with Crippen molar-refractivity contribution in [2.24, 2.45) is 0 Å². The Morgan fingerprint density at radius 2 is 2.14 bits per heavy atom. The van der Waals surface area contributed by atoms with Gasteiger partial charge >= 0.3 is 0 Å². The summed E-state index contributed by atoms with van der Waals surface area (Å²) in [4.78, 5) is 0. The highest BCUT2D eigenvalue weighted by Crippen LogP contribution is 2.33. The van der Waals surface area contributed by atoms with Crippen LogP contribution in [0.4, 0.5) is 0 Å². The lowest BCUT2D eigenvalue weighted by atomic mass is 9.92. The third-order valence-corrected chi connectivity index (χ3v) is 2.38. The molecule has 1 aromatic rings. The molecule has 0 aromatic heterocycles. The number of aliphatic hydroxyl groups excluding tert-OH is 1. The first-order valence-electron chi connectivity index (χ1n) is 4.66. The van der Waals surface area contributed by atoms with Gasteiger partial charge in [-0.05, 0) is 11.6 Å². The molecule has 0 amide bonds. The van der Waals surface area contributed by atoms with E-state index in [0.29, 0.717) is 19.8 Å². The van der Waals surface area contributed by atoms with E-state index in [2.05, 4.69) is 6.07 Å². The minimum absolute atomic E-state index is 0.0424. The fourth-order valence-corrected chi connectivity index (χ4v) is 1.55. The molecule has 1 aliphatic rings. The van der Waals surface area contributed by atoms with Gasteiger partial charge in [0.2, 0.25) is 0 Å². The molecule has 0 saturated carbocycles. The van der Waals surface area contributed by atoms with E-state index < -0.39 is 0 Å². The van der Waals surface area contributed by atoms with Gasteiger partial charge in [-0.2, -0.15) is 0 Å². The van der Waals surface area contributed by atoms with Gasteiger partial charge in [-0.3, -0.25) is 0 Å². The second-order valence-electron chi connectivity index (χ2n) is 3.35. The molecule has 1 heterocycles. The van der Waals surface area contributed by atoms with Gasteiger partial charge in [-0.15, -0.1) is 0 Å². The summed E-state index contributed by atoms with van der Waals surface area (Å²) in [6.45, 7) is 1.52. The molecule has 1 N–H and O–H groups in total. The second kappa shape index (κ2) is 4.09. The van der Waals surface area contributed by atoms with E-state index in [0.717, 1.165) is 5.56 Å². The molecule has 1 aromatic carbocycles. The summed E-state index contributed by atoms with van der Waals surface area (Å²) < 4.78 is 10.8. The molecule has 14 heavy (non-hydrogen) atoms. The molecule has 3 heteroatoms. The predicted molar refractivity (Wildman–Crippen MR) is 50.8 cm³/mol. The van der Waals surface area contributed by atoms with Gasteiger partial charge < -0.3 is 14.6 Å². The number of hydrogen-bond acceptors (Lipinski definition) is 3. The zero-order chi connectivity index (χ0) is 9.86. The first kappa shape index (κ1) is 9.65. The summed E-state index contributed by atoms with van der Waals surface area (Å²) in [6.07, 6.45) is 0. The molecular formula is C11H13O3. The third kappa shape index (κ3) is 1.66. The maximum Gasteiger partial charge on any atom is 0.140 e. The van der Waals surface area contributed by atoms with Crippen LogP contribution in [0.2, 0.25) is 0 Å². The van der Waals surface area contributed by atoms with E-state index in [-0.39, 0.29) is 12.2 Å². The van der Waals surface area contributed by atoms with Crippen LogP contribution in [-0.4, -0.2) is 31.5 Å². The predicted octanol–water partition coefficient (Wildman–Crippen LogP) is 0.721. The van der Waals surface area contributed by atoms with Gasteiger partial charge in [0, 0.05) is 0 Å². The molecule has 0 aliphatic carbocycles. The maximum atomic E-state index is 8.72.